The van der Waals surface area contributed by atoms with Crippen LogP contribution in [0.3, 0.4) is 0 Å². The van der Waals surface area contributed by atoms with E-state index in [0.717, 1.165) is 39.0 Å². The maximum atomic E-state index is 13.0. The Kier molecular flexibility index (Phi) is 6.33. The molecule has 0 saturated carbocycles. The van der Waals surface area contributed by atoms with E-state index >= 15 is 0 Å². The van der Waals surface area contributed by atoms with Gasteiger partial charge in [0, 0.05) is 27.0 Å². The fourth-order valence-corrected chi connectivity index (χ4v) is 4.37. The Morgan fingerprint density at radius 3 is 2.59 bits per heavy atom. The Hall–Kier alpha value is -2.15. The molecule has 0 bridgehead atoms. The minimum absolute atomic E-state index is 0.00721. The number of fused-ring (bicyclic) bond motifs is 1. The van der Waals surface area contributed by atoms with Crippen LogP contribution < -0.4 is 10.3 Å². The zero-order valence-electron chi connectivity index (χ0n) is 15.5. The largest absolute Gasteiger partial charge is 0.494 e. The summed E-state index contributed by atoms with van der Waals surface area (Å²) in [5, 5.41) is 3.39. The van der Waals surface area contributed by atoms with Crippen LogP contribution in [0.2, 0.25) is 5.02 Å². The first kappa shape index (κ1) is 20.1. The van der Waals surface area contributed by atoms with E-state index in [-0.39, 0.29) is 5.56 Å². The molecule has 4 nitrogen and oxygen atoms in total. The summed E-state index contributed by atoms with van der Waals surface area (Å²) >= 11 is 10.8. The van der Waals surface area contributed by atoms with Crippen LogP contribution in [-0.2, 0) is 6.54 Å². The van der Waals surface area contributed by atoms with E-state index < -0.39 is 0 Å². The molecule has 2 aromatic heterocycles. The molecular weight excluding hydrogens is 472 g/mol. The molecule has 148 valence electrons. The summed E-state index contributed by atoms with van der Waals surface area (Å²) in [6.45, 7) is 1.20. The molecule has 0 unspecified atom stereocenters. The molecule has 0 aliphatic heterocycles. The third-order valence-corrected chi connectivity index (χ3v) is 6.26. The van der Waals surface area contributed by atoms with Crippen molar-refractivity contribution in [2.24, 2.45) is 0 Å². The van der Waals surface area contributed by atoms with Gasteiger partial charge in [0.2, 0.25) is 0 Å². The van der Waals surface area contributed by atoms with Crippen LogP contribution in [0.15, 0.2) is 69.5 Å². The van der Waals surface area contributed by atoms with E-state index in [1.165, 1.54) is 11.3 Å². The number of hydrogen-bond acceptors (Lipinski definition) is 4. The molecule has 4 aromatic rings. The van der Waals surface area contributed by atoms with Crippen LogP contribution in [0, 0.1) is 0 Å². The molecule has 0 fully saturated rings. The molecule has 0 aliphatic rings. The van der Waals surface area contributed by atoms with Crippen LogP contribution in [0.4, 0.5) is 0 Å². The van der Waals surface area contributed by atoms with E-state index in [2.05, 4.69) is 20.9 Å². The topological polar surface area (TPSA) is 44.1 Å². The molecular formula is C22H18BrClN2O2S. The summed E-state index contributed by atoms with van der Waals surface area (Å²) in [7, 11) is 0. The van der Waals surface area contributed by atoms with Crippen LogP contribution >= 0.6 is 38.9 Å². The fraction of sp³-hybridized carbons (Fsp3) is 0.182. The maximum Gasteiger partial charge on any atom is 0.262 e. The zero-order valence-corrected chi connectivity index (χ0v) is 18.6. The molecule has 7 heteroatoms. The van der Waals surface area contributed by atoms with Crippen molar-refractivity contribution in [2.45, 2.75) is 19.4 Å². The number of aromatic nitrogens is 2. The second-order valence-corrected chi connectivity index (χ2v) is 8.80. The van der Waals surface area contributed by atoms with Gasteiger partial charge in [-0.3, -0.25) is 9.36 Å². The van der Waals surface area contributed by atoms with E-state index in [9.17, 15) is 4.79 Å². The highest BCUT2D eigenvalue weighted by atomic mass is 79.9. The number of hydrogen-bond donors (Lipinski definition) is 0. The van der Waals surface area contributed by atoms with Gasteiger partial charge in [0.15, 0.2) is 0 Å². The molecule has 0 aliphatic carbocycles. The van der Waals surface area contributed by atoms with Crippen molar-refractivity contribution in [1.29, 1.82) is 0 Å². The molecule has 2 aromatic carbocycles. The second-order valence-electron chi connectivity index (χ2n) is 6.59. The van der Waals surface area contributed by atoms with E-state index in [4.69, 9.17) is 16.3 Å². The normalized spacial score (nSPS) is 11.1. The lowest BCUT2D eigenvalue weighted by Crippen LogP contribution is -2.20. The summed E-state index contributed by atoms with van der Waals surface area (Å²) < 4.78 is 8.42. The Balaban J connectivity index is 1.43. The van der Waals surface area contributed by atoms with Gasteiger partial charge in [0.1, 0.15) is 10.6 Å². The van der Waals surface area contributed by atoms with Crippen molar-refractivity contribution in [3.8, 4) is 16.9 Å². The molecule has 2 heterocycles. The average Bonchev–Trinajstić information content (AvgIpc) is 3.16. The number of nitrogens with zero attached hydrogens (tertiary/aromatic N) is 2. The van der Waals surface area contributed by atoms with Crippen LogP contribution in [0.25, 0.3) is 21.3 Å². The van der Waals surface area contributed by atoms with E-state index in [1.54, 1.807) is 23.0 Å². The maximum absolute atomic E-state index is 13.0. The lowest BCUT2D eigenvalue weighted by Gasteiger charge is -2.08. The molecule has 0 saturated heterocycles. The number of benzene rings is 2. The Labute approximate surface area is 185 Å². The predicted molar refractivity (Wildman–Crippen MR) is 123 cm³/mol. The van der Waals surface area contributed by atoms with E-state index in [0.29, 0.717) is 23.6 Å². The first-order valence-corrected chi connectivity index (χ1v) is 11.3. The number of rotatable bonds is 7. The quantitative estimate of drug-likeness (QED) is 0.282. The fourth-order valence-electron chi connectivity index (χ4n) is 3.07. The highest BCUT2D eigenvalue weighted by molar-refractivity contribution is 9.10. The Morgan fingerprint density at radius 2 is 1.83 bits per heavy atom. The van der Waals surface area contributed by atoms with Crippen molar-refractivity contribution in [3.63, 3.8) is 0 Å². The Bertz CT molecular complexity index is 1170. The summed E-state index contributed by atoms with van der Waals surface area (Å²) in [6, 6.07) is 15.3. The summed E-state index contributed by atoms with van der Waals surface area (Å²) in [6.07, 6.45) is 3.32. The standard InChI is InChI=1S/C22H18BrClN2O2S/c23-16-5-3-15(4-6-16)19-13-29-21-20(19)22(27)26(14-25-21)11-1-2-12-28-18-9-7-17(24)8-10-18/h3-10,13-14H,1-2,11-12H2. The van der Waals surface area contributed by atoms with Gasteiger partial charge < -0.3 is 4.74 Å². The van der Waals surface area contributed by atoms with Gasteiger partial charge in [-0.1, -0.05) is 39.7 Å². The monoisotopic (exact) mass is 488 g/mol. The predicted octanol–water partition coefficient (Wildman–Crippen LogP) is 6.40. The first-order valence-electron chi connectivity index (χ1n) is 9.23. The minimum atomic E-state index is 0.00721. The van der Waals surface area contributed by atoms with Crippen molar-refractivity contribution in [2.75, 3.05) is 6.61 Å². The summed E-state index contributed by atoms with van der Waals surface area (Å²) in [4.78, 5) is 18.3. The molecule has 0 spiro atoms. The SMILES string of the molecule is O=c1c2c(-c3ccc(Br)cc3)csc2ncn1CCCCOc1ccc(Cl)cc1. The Morgan fingerprint density at radius 1 is 1.07 bits per heavy atom. The molecule has 0 radical (unpaired) electrons. The lowest BCUT2D eigenvalue weighted by atomic mass is 10.1. The zero-order chi connectivity index (χ0) is 20.2. The van der Waals surface area contributed by atoms with Gasteiger partial charge in [0.05, 0.1) is 18.3 Å². The number of thiophene rings is 1. The van der Waals surface area contributed by atoms with Gasteiger partial charge >= 0.3 is 0 Å². The van der Waals surface area contributed by atoms with Gasteiger partial charge in [0.25, 0.3) is 5.56 Å². The highest BCUT2D eigenvalue weighted by Crippen LogP contribution is 2.31. The van der Waals surface area contributed by atoms with Gasteiger partial charge in [-0.05, 0) is 54.8 Å². The van der Waals surface area contributed by atoms with E-state index in [1.807, 2.05) is 41.8 Å². The molecule has 4 rings (SSSR count). The van der Waals surface area contributed by atoms with Crippen molar-refractivity contribution in [1.82, 2.24) is 9.55 Å². The summed E-state index contributed by atoms with van der Waals surface area (Å²) in [5.41, 5.74) is 1.97. The highest BCUT2D eigenvalue weighted by Gasteiger charge is 2.13. The lowest BCUT2D eigenvalue weighted by molar-refractivity contribution is 0.303. The van der Waals surface area contributed by atoms with Crippen LogP contribution in [-0.4, -0.2) is 16.2 Å². The average molecular weight is 490 g/mol. The first-order chi connectivity index (χ1) is 14.1. The van der Waals surface area contributed by atoms with Crippen molar-refractivity contribution in [3.05, 3.63) is 80.1 Å². The van der Waals surface area contributed by atoms with Gasteiger partial charge in [-0.25, -0.2) is 4.98 Å². The smallest absolute Gasteiger partial charge is 0.262 e. The molecule has 29 heavy (non-hydrogen) atoms. The van der Waals surface area contributed by atoms with Crippen LogP contribution in [0.5, 0.6) is 5.75 Å². The number of halogens is 2. The van der Waals surface area contributed by atoms with Crippen molar-refractivity contribution < 1.29 is 4.74 Å². The number of ether oxygens (including phenoxy) is 1. The van der Waals surface area contributed by atoms with Gasteiger partial charge in [-0.2, -0.15) is 0 Å². The minimum Gasteiger partial charge on any atom is -0.494 e. The second kappa shape index (κ2) is 9.11. The van der Waals surface area contributed by atoms with Crippen LogP contribution in [0.1, 0.15) is 12.8 Å². The third-order valence-electron chi connectivity index (χ3n) is 4.59. The molecule has 0 N–H and O–H groups in total. The number of unbranched alkanes of at least 4 members (excludes halogenated alkanes) is 1. The molecule has 0 atom stereocenters. The summed E-state index contributed by atoms with van der Waals surface area (Å²) in [5.74, 6) is 0.798. The van der Waals surface area contributed by atoms with Crippen molar-refractivity contribution >= 4 is 49.1 Å². The third kappa shape index (κ3) is 4.71. The molecule has 0 amide bonds. The number of aryl methyl sites for hydroxylation is 1. The van der Waals surface area contributed by atoms with Gasteiger partial charge in [-0.15, -0.1) is 11.3 Å².